The lowest BCUT2D eigenvalue weighted by Gasteiger charge is -2.12. The van der Waals surface area contributed by atoms with Crippen molar-refractivity contribution in [1.82, 2.24) is 23.3 Å². The van der Waals surface area contributed by atoms with Gasteiger partial charge in [0.1, 0.15) is 6.54 Å². The molecule has 0 aliphatic heterocycles. The summed E-state index contributed by atoms with van der Waals surface area (Å²) in [6.07, 6.45) is -4.43. The van der Waals surface area contributed by atoms with Crippen LogP contribution in [0.15, 0.2) is 15.7 Å². The van der Waals surface area contributed by atoms with Crippen LogP contribution in [0.5, 0.6) is 0 Å². The second-order valence-electron chi connectivity index (χ2n) is 6.75. The number of halogens is 4. The van der Waals surface area contributed by atoms with E-state index in [1.807, 2.05) is 0 Å². The largest absolute Gasteiger partial charge is 0.406 e. The number of rotatable bonds is 4. The van der Waals surface area contributed by atoms with Crippen molar-refractivity contribution in [1.29, 1.82) is 0 Å². The van der Waals surface area contributed by atoms with Gasteiger partial charge in [0.2, 0.25) is 5.28 Å². The monoisotopic (exact) mass is 431 g/mol. The predicted octanol–water partition coefficient (Wildman–Crippen LogP) is 1.95. The van der Waals surface area contributed by atoms with Crippen LogP contribution in [0, 0.1) is 13.8 Å². The number of carbonyl (C=O) groups is 1. The highest BCUT2D eigenvalue weighted by molar-refractivity contribution is 6.29. The molecule has 0 unspecified atom stereocenters. The van der Waals surface area contributed by atoms with Gasteiger partial charge in [-0.2, -0.15) is 18.2 Å². The van der Waals surface area contributed by atoms with E-state index in [1.165, 1.54) is 34.0 Å². The van der Waals surface area contributed by atoms with Crippen LogP contribution in [0.3, 0.4) is 0 Å². The van der Waals surface area contributed by atoms with E-state index in [9.17, 15) is 27.6 Å². The molecule has 0 atom stereocenters. The first-order chi connectivity index (χ1) is 13.3. The molecule has 0 bridgehead atoms. The molecule has 0 saturated heterocycles. The van der Waals surface area contributed by atoms with Crippen molar-refractivity contribution < 1.29 is 18.0 Å². The zero-order chi connectivity index (χ0) is 21.8. The third kappa shape index (κ3) is 3.50. The van der Waals surface area contributed by atoms with Crippen molar-refractivity contribution in [3.05, 3.63) is 49.1 Å². The number of hydrogen-bond donors (Lipinski definition) is 0. The molecule has 3 aromatic heterocycles. The Bertz CT molecular complexity index is 1260. The lowest BCUT2D eigenvalue weighted by molar-refractivity contribution is -0.141. The molecule has 12 heteroatoms. The number of imidazole rings is 1. The zero-order valence-electron chi connectivity index (χ0n) is 16.0. The molecule has 0 fully saturated rings. The van der Waals surface area contributed by atoms with Gasteiger partial charge in [-0.3, -0.25) is 18.7 Å². The van der Waals surface area contributed by atoms with Crippen LogP contribution in [0.1, 0.15) is 21.7 Å². The summed E-state index contributed by atoms with van der Waals surface area (Å²) in [6, 6.07) is 1.37. The topological polar surface area (TPSA) is 83.8 Å². The van der Waals surface area contributed by atoms with E-state index in [0.29, 0.717) is 0 Å². The maximum absolute atomic E-state index is 12.8. The SMILES string of the molecule is Cc1cc(C(=O)Cn2c(Cl)nc3c2c(=O)n(C)c(=O)n3C)c(C)n1CC(F)(F)F. The molecule has 0 spiro atoms. The molecule has 0 saturated carbocycles. The van der Waals surface area contributed by atoms with E-state index in [2.05, 4.69) is 4.98 Å². The third-order valence-corrected chi connectivity index (χ3v) is 5.10. The van der Waals surface area contributed by atoms with E-state index in [1.54, 1.807) is 0 Å². The average molecular weight is 432 g/mol. The second kappa shape index (κ2) is 6.90. The molecule has 0 aliphatic carbocycles. The Morgan fingerprint density at radius 2 is 1.76 bits per heavy atom. The number of fused-ring (bicyclic) bond motifs is 1. The van der Waals surface area contributed by atoms with Gasteiger partial charge in [0.05, 0.1) is 6.54 Å². The van der Waals surface area contributed by atoms with Crippen molar-refractivity contribution in [2.24, 2.45) is 14.1 Å². The summed E-state index contributed by atoms with van der Waals surface area (Å²) in [6.45, 7) is 1.26. The number of hydrogen-bond acceptors (Lipinski definition) is 4. The molecule has 0 aromatic carbocycles. The summed E-state index contributed by atoms with van der Waals surface area (Å²) in [4.78, 5) is 41.4. The molecular weight excluding hydrogens is 415 g/mol. The Kier molecular flexibility index (Phi) is 4.98. The first-order valence-corrected chi connectivity index (χ1v) is 8.79. The third-order valence-electron chi connectivity index (χ3n) is 4.81. The summed E-state index contributed by atoms with van der Waals surface area (Å²) in [5, 5.41) is -0.184. The molecule has 156 valence electrons. The Labute approximate surface area is 166 Å². The quantitative estimate of drug-likeness (QED) is 0.467. The number of ketones is 1. The fraction of sp³-hybridized carbons (Fsp3) is 0.412. The highest BCUT2D eigenvalue weighted by Gasteiger charge is 2.30. The first kappa shape index (κ1) is 20.9. The number of aromatic nitrogens is 5. The summed E-state index contributed by atoms with van der Waals surface area (Å²) in [5.74, 6) is -0.538. The summed E-state index contributed by atoms with van der Waals surface area (Å²) in [5.41, 5.74) is -0.792. The van der Waals surface area contributed by atoms with Crippen molar-refractivity contribution in [2.75, 3.05) is 0 Å². The fourth-order valence-electron chi connectivity index (χ4n) is 3.30. The van der Waals surface area contributed by atoms with E-state index < -0.39 is 36.3 Å². The molecule has 3 aromatic rings. The normalized spacial score (nSPS) is 12.1. The van der Waals surface area contributed by atoms with Crippen LogP contribution in [0.25, 0.3) is 11.2 Å². The molecular formula is C17H17ClF3N5O3. The first-order valence-electron chi connectivity index (χ1n) is 8.42. The van der Waals surface area contributed by atoms with Gasteiger partial charge in [-0.15, -0.1) is 0 Å². The number of aryl methyl sites for hydroxylation is 2. The zero-order valence-corrected chi connectivity index (χ0v) is 16.7. The smallest absolute Gasteiger partial charge is 0.339 e. The van der Waals surface area contributed by atoms with Crippen molar-refractivity contribution in [3.63, 3.8) is 0 Å². The molecule has 3 rings (SSSR count). The molecule has 3 heterocycles. The van der Waals surface area contributed by atoms with E-state index >= 15 is 0 Å². The molecule has 0 amide bonds. The molecule has 0 N–H and O–H groups in total. The minimum absolute atomic E-state index is 0.0124. The minimum atomic E-state index is -4.43. The Balaban J connectivity index is 2.09. The standard InChI is InChI=1S/C17H17ClF3N5O3/c1-8-5-10(9(2)26(8)7-17(19,20)21)11(27)6-25-12-13(22-15(25)18)23(3)16(29)24(4)14(12)28/h5H,6-7H2,1-4H3. The van der Waals surface area contributed by atoms with Crippen LogP contribution in [0.2, 0.25) is 5.28 Å². The Morgan fingerprint density at radius 1 is 1.14 bits per heavy atom. The molecule has 0 radical (unpaired) electrons. The maximum Gasteiger partial charge on any atom is 0.406 e. The predicted molar refractivity (Wildman–Crippen MR) is 99.5 cm³/mol. The highest BCUT2D eigenvalue weighted by atomic mass is 35.5. The van der Waals surface area contributed by atoms with Crippen molar-refractivity contribution in [2.45, 2.75) is 33.1 Å². The van der Waals surface area contributed by atoms with Crippen molar-refractivity contribution in [3.8, 4) is 0 Å². The van der Waals surface area contributed by atoms with Gasteiger partial charge >= 0.3 is 11.9 Å². The van der Waals surface area contributed by atoms with Gasteiger partial charge in [0.25, 0.3) is 5.56 Å². The van der Waals surface area contributed by atoms with Crippen LogP contribution >= 0.6 is 11.6 Å². The van der Waals surface area contributed by atoms with Gasteiger partial charge in [-0.1, -0.05) is 0 Å². The van der Waals surface area contributed by atoms with Gasteiger partial charge in [0, 0.05) is 31.0 Å². The lowest BCUT2D eigenvalue weighted by atomic mass is 10.1. The number of alkyl halides is 3. The minimum Gasteiger partial charge on any atom is -0.339 e. The number of Topliss-reactive ketones (excluding diaryl/α,β-unsaturated/α-hetero) is 1. The number of nitrogens with zero attached hydrogens (tertiary/aromatic N) is 5. The van der Waals surface area contributed by atoms with Gasteiger partial charge < -0.3 is 9.13 Å². The summed E-state index contributed by atoms with van der Waals surface area (Å²) < 4.78 is 42.5. The highest BCUT2D eigenvalue weighted by Crippen LogP contribution is 2.24. The van der Waals surface area contributed by atoms with Gasteiger partial charge in [-0.25, -0.2) is 4.79 Å². The van der Waals surface area contributed by atoms with Crippen LogP contribution in [-0.4, -0.2) is 35.2 Å². The Hall–Kier alpha value is -2.82. The molecule has 8 nitrogen and oxygen atoms in total. The van der Waals surface area contributed by atoms with Crippen molar-refractivity contribution >= 4 is 28.5 Å². The maximum atomic E-state index is 12.8. The van der Waals surface area contributed by atoms with Crippen LogP contribution < -0.4 is 11.2 Å². The second-order valence-corrected chi connectivity index (χ2v) is 7.09. The lowest BCUT2D eigenvalue weighted by Crippen LogP contribution is -2.37. The molecule has 29 heavy (non-hydrogen) atoms. The summed E-state index contributed by atoms with van der Waals surface area (Å²) in [7, 11) is 2.69. The van der Waals surface area contributed by atoms with E-state index in [-0.39, 0.29) is 33.4 Å². The molecule has 0 aliphatic rings. The number of carbonyl (C=O) groups excluding carboxylic acids is 1. The van der Waals surface area contributed by atoms with Gasteiger partial charge in [0.15, 0.2) is 16.9 Å². The Morgan fingerprint density at radius 3 is 2.34 bits per heavy atom. The van der Waals surface area contributed by atoms with Gasteiger partial charge in [-0.05, 0) is 31.5 Å². The van der Waals surface area contributed by atoms with Crippen LogP contribution in [0.4, 0.5) is 13.2 Å². The van der Waals surface area contributed by atoms with Crippen LogP contribution in [-0.2, 0) is 27.2 Å². The summed E-state index contributed by atoms with van der Waals surface area (Å²) >= 11 is 6.09. The van der Waals surface area contributed by atoms with E-state index in [4.69, 9.17) is 11.6 Å². The average Bonchev–Trinajstić information content (AvgIpc) is 3.08. The van der Waals surface area contributed by atoms with E-state index in [0.717, 1.165) is 18.3 Å². The fourth-order valence-corrected chi connectivity index (χ4v) is 3.52.